The smallest absolute Gasteiger partial charge is 0.361 e. The molecule has 0 aliphatic heterocycles. The lowest BCUT2D eigenvalue weighted by molar-refractivity contribution is -0.119. The van der Waals surface area contributed by atoms with Crippen LogP contribution in [-0.4, -0.2) is 33.0 Å². The molecular weight excluding hydrogens is 360 g/mol. The largest absolute Gasteiger partial charge is 0.451 e. The Morgan fingerprint density at radius 3 is 2.64 bits per heavy atom. The van der Waals surface area contributed by atoms with E-state index in [-0.39, 0.29) is 17.6 Å². The van der Waals surface area contributed by atoms with Gasteiger partial charge in [0.15, 0.2) is 18.1 Å². The first-order valence-electron chi connectivity index (χ1n) is 9.09. The number of nitrogens with zero attached hydrogens (tertiary/aromatic N) is 4. The van der Waals surface area contributed by atoms with Gasteiger partial charge in [-0.25, -0.2) is 14.8 Å². The number of carbonyl (C=O) groups excluding carboxylic acids is 2. The number of ether oxygens (including phenoxy) is 1. The Labute approximate surface area is 162 Å². The predicted molar refractivity (Wildman–Crippen MR) is 101 cm³/mol. The van der Waals surface area contributed by atoms with E-state index in [1.54, 1.807) is 0 Å². The first kappa shape index (κ1) is 19.4. The molecule has 1 fully saturated rings. The summed E-state index contributed by atoms with van der Waals surface area (Å²) in [7, 11) is 0. The zero-order valence-electron chi connectivity index (χ0n) is 15.9. The number of aromatic nitrogens is 3. The summed E-state index contributed by atoms with van der Waals surface area (Å²) in [6.07, 6.45) is 6.91. The van der Waals surface area contributed by atoms with Gasteiger partial charge in [-0.1, -0.05) is 12.8 Å². The summed E-state index contributed by atoms with van der Waals surface area (Å²) >= 11 is 0. The molecule has 1 aliphatic rings. The molecule has 0 aromatic carbocycles. The topological polar surface area (TPSA) is 136 Å². The summed E-state index contributed by atoms with van der Waals surface area (Å²) in [4.78, 5) is 32.0. The van der Waals surface area contributed by atoms with Crippen molar-refractivity contribution in [2.45, 2.75) is 45.6 Å². The van der Waals surface area contributed by atoms with E-state index in [2.05, 4.69) is 21.4 Å². The van der Waals surface area contributed by atoms with Crippen molar-refractivity contribution in [2.24, 2.45) is 0 Å². The van der Waals surface area contributed by atoms with Crippen molar-refractivity contribution < 1.29 is 14.3 Å². The minimum atomic E-state index is -0.834. The van der Waals surface area contributed by atoms with E-state index >= 15 is 0 Å². The van der Waals surface area contributed by atoms with Gasteiger partial charge >= 0.3 is 5.97 Å². The van der Waals surface area contributed by atoms with Crippen LogP contribution in [0.4, 0.5) is 11.6 Å². The van der Waals surface area contributed by atoms with Crippen LogP contribution in [0.1, 0.15) is 59.0 Å². The third-order valence-electron chi connectivity index (χ3n) is 5.07. The minimum Gasteiger partial charge on any atom is -0.451 e. The molecule has 2 aromatic heterocycles. The lowest BCUT2D eigenvalue weighted by Gasteiger charge is -2.19. The normalized spacial score (nSPS) is 13.9. The van der Waals surface area contributed by atoms with E-state index in [0.717, 1.165) is 36.9 Å². The number of rotatable bonds is 5. The fraction of sp³-hybridized carbons (Fsp3) is 0.421. The highest BCUT2D eigenvalue weighted by Crippen LogP contribution is 2.37. The third-order valence-corrected chi connectivity index (χ3v) is 5.07. The first-order chi connectivity index (χ1) is 13.4. The Morgan fingerprint density at radius 2 is 2.00 bits per heavy atom. The van der Waals surface area contributed by atoms with Crippen molar-refractivity contribution >= 4 is 23.5 Å². The fourth-order valence-electron chi connectivity index (χ4n) is 3.58. The summed E-state index contributed by atoms with van der Waals surface area (Å²) in [5, 5.41) is 12.3. The van der Waals surface area contributed by atoms with E-state index in [1.165, 1.54) is 12.4 Å². The number of nitrogen functional groups attached to an aromatic ring is 1. The lowest BCUT2D eigenvalue weighted by atomic mass is 10.2. The van der Waals surface area contributed by atoms with Crippen molar-refractivity contribution in [2.75, 3.05) is 17.7 Å². The van der Waals surface area contributed by atoms with Crippen molar-refractivity contribution in [1.82, 2.24) is 14.5 Å². The van der Waals surface area contributed by atoms with Crippen molar-refractivity contribution in [1.29, 1.82) is 5.26 Å². The molecule has 0 bridgehead atoms. The van der Waals surface area contributed by atoms with Crippen LogP contribution in [0, 0.1) is 25.2 Å². The Hall–Kier alpha value is -3.41. The monoisotopic (exact) mass is 382 g/mol. The van der Waals surface area contributed by atoms with Gasteiger partial charge in [-0.05, 0) is 32.3 Å². The third kappa shape index (κ3) is 3.67. The Kier molecular flexibility index (Phi) is 5.59. The van der Waals surface area contributed by atoms with Gasteiger partial charge in [0.05, 0.1) is 5.56 Å². The van der Waals surface area contributed by atoms with Gasteiger partial charge < -0.3 is 20.4 Å². The van der Waals surface area contributed by atoms with Crippen LogP contribution in [0.2, 0.25) is 0 Å². The van der Waals surface area contributed by atoms with Crippen molar-refractivity contribution in [3.63, 3.8) is 0 Å². The molecule has 1 aliphatic carbocycles. The molecule has 3 N–H and O–H groups in total. The van der Waals surface area contributed by atoms with Gasteiger partial charge in [-0.15, -0.1) is 0 Å². The number of nitrogens with one attached hydrogen (secondary N) is 1. The van der Waals surface area contributed by atoms with Crippen molar-refractivity contribution in [3.8, 4) is 6.07 Å². The Morgan fingerprint density at radius 1 is 1.32 bits per heavy atom. The van der Waals surface area contributed by atoms with Gasteiger partial charge in [-0.2, -0.15) is 5.26 Å². The van der Waals surface area contributed by atoms with Crippen molar-refractivity contribution in [3.05, 3.63) is 34.9 Å². The maximum absolute atomic E-state index is 12.4. The predicted octanol–water partition coefficient (Wildman–Crippen LogP) is 2.26. The molecule has 9 nitrogen and oxygen atoms in total. The highest BCUT2D eigenvalue weighted by atomic mass is 16.5. The Bertz CT molecular complexity index is 953. The van der Waals surface area contributed by atoms with Gasteiger partial charge in [0.2, 0.25) is 0 Å². The lowest BCUT2D eigenvalue weighted by Crippen LogP contribution is -2.24. The zero-order chi connectivity index (χ0) is 20.3. The summed E-state index contributed by atoms with van der Waals surface area (Å²) in [6.45, 7) is 3.29. The summed E-state index contributed by atoms with van der Waals surface area (Å²) in [6, 6.07) is 2.42. The highest BCUT2D eigenvalue weighted by molar-refractivity contribution is 5.96. The van der Waals surface area contributed by atoms with Gasteiger partial charge in [0.1, 0.15) is 11.9 Å². The number of nitriles is 1. The van der Waals surface area contributed by atoms with Gasteiger partial charge in [-0.3, -0.25) is 4.79 Å². The van der Waals surface area contributed by atoms with Crippen LogP contribution in [0.25, 0.3) is 0 Å². The average molecular weight is 382 g/mol. The van der Waals surface area contributed by atoms with Crippen LogP contribution in [0.15, 0.2) is 12.4 Å². The van der Waals surface area contributed by atoms with E-state index in [1.807, 2.05) is 18.4 Å². The van der Waals surface area contributed by atoms with E-state index < -0.39 is 18.5 Å². The minimum absolute atomic E-state index is 0.0685. The molecule has 3 rings (SSSR count). The number of hydrogen-bond donors (Lipinski definition) is 2. The van der Waals surface area contributed by atoms with E-state index in [9.17, 15) is 14.9 Å². The van der Waals surface area contributed by atoms with Crippen LogP contribution < -0.4 is 11.1 Å². The molecule has 0 spiro atoms. The summed E-state index contributed by atoms with van der Waals surface area (Å²) in [5.41, 5.74) is 7.68. The number of carbonyl (C=O) groups is 2. The molecule has 2 aromatic rings. The van der Waals surface area contributed by atoms with Gasteiger partial charge in [0.25, 0.3) is 5.91 Å². The Balaban J connectivity index is 1.75. The fourth-order valence-corrected chi connectivity index (χ4v) is 3.58. The maximum Gasteiger partial charge on any atom is 0.361 e. The molecule has 1 saturated carbocycles. The molecule has 2 heterocycles. The molecule has 0 radical (unpaired) electrons. The van der Waals surface area contributed by atoms with E-state index in [4.69, 9.17) is 10.5 Å². The quantitative estimate of drug-likeness (QED) is 0.757. The standard InChI is InChI=1S/C19H22N6O3/c1-11-12(2)25(13-5-3-4-6-13)18(14(11)9-20)24-15(26)10-28-19(27)16-17(21)23-8-7-22-16/h7-8,13H,3-6,10H2,1-2H3,(H2,21,23)(H,24,26). The molecule has 0 saturated heterocycles. The number of amides is 1. The summed E-state index contributed by atoms with van der Waals surface area (Å²) < 4.78 is 7.02. The van der Waals surface area contributed by atoms with Crippen LogP contribution in [-0.2, 0) is 9.53 Å². The van der Waals surface area contributed by atoms with Crippen LogP contribution in [0.3, 0.4) is 0 Å². The highest BCUT2D eigenvalue weighted by Gasteiger charge is 2.27. The molecule has 0 unspecified atom stereocenters. The second kappa shape index (κ2) is 8.08. The average Bonchev–Trinajstić information content (AvgIpc) is 3.27. The summed E-state index contributed by atoms with van der Waals surface area (Å²) in [5.74, 6) is -0.977. The molecular formula is C19H22N6O3. The second-order valence-corrected chi connectivity index (χ2v) is 6.77. The number of anilines is 2. The van der Waals surface area contributed by atoms with Crippen LogP contribution in [0.5, 0.6) is 0 Å². The molecule has 1 amide bonds. The number of esters is 1. The molecule has 0 atom stereocenters. The zero-order valence-corrected chi connectivity index (χ0v) is 15.9. The molecule has 28 heavy (non-hydrogen) atoms. The second-order valence-electron chi connectivity index (χ2n) is 6.77. The number of hydrogen-bond acceptors (Lipinski definition) is 7. The van der Waals surface area contributed by atoms with Gasteiger partial charge in [0, 0.05) is 24.1 Å². The SMILES string of the molecule is Cc1c(C#N)c(NC(=O)COC(=O)c2nccnc2N)n(C2CCCC2)c1C. The molecule has 146 valence electrons. The first-order valence-corrected chi connectivity index (χ1v) is 9.09. The van der Waals surface area contributed by atoms with Crippen LogP contribution >= 0.6 is 0 Å². The van der Waals surface area contributed by atoms with E-state index in [0.29, 0.717) is 11.4 Å². The maximum atomic E-state index is 12.4. The number of nitrogens with two attached hydrogens (primary N) is 1. The molecule has 9 heteroatoms.